The first-order valence-corrected chi connectivity index (χ1v) is 7.53. The number of ether oxygens (including phenoxy) is 1. The average Bonchev–Trinajstić information content (AvgIpc) is 2.49. The minimum Gasteiger partial charge on any atom is -0.450 e. The van der Waals surface area contributed by atoms with Gasteiger partial charge in [-0.2, -0.15) is 0 Å². The number of rotatable bonds is 5. The van der Waals surface area contributed by atoms with Gasteiger partial charge in [-0.25, -0.2) is 9.18 Å². The molecule has 0 bridgehead atoms. The monoisotopic (exact) mass is 316 g/mol. The Hall–Kier alpha value is -2.56. The van der Waals surface area contributed by atoms with E-state index in [1.165, 1.54) is 12.1 Å². The van der Waals surface area contributed by atoms with Crippen molar-refractivity contribution in [2.75, 3.05) is 17.2 Å². The molecular formula is C18H21FN2O2. The molecule has 23 heavy (non-hydrogen) atoms. The number of aryl methyl sites for hydroxylation is 2. The summed E-state index contributed by atoms with van der Waals surface area (Å²) in [4.78, 5) is 11.6. The molecule has 0 aliphatic carbocycles. The molecule has 2 rings (SSSR count). The van der Waals surface area contributed by atoms with Gasteiger partial charge in [0.15, 0.2) is 0 Å². The van der Waals surface area contributed by atoms with Crippen LogP contribution < -0.4 is 10.6 Å². The highest BCUT2D eigenvalue weighted by Crippen LogP contribution is 2.23. The summed E-state index contributed by atoms with van der Waals surface area (Å²) in [5.41, 5.74) is 4.45. The van der Waals surface area contributed by atoms with E-state index in [4.69, 9.17) is 4.74 Å². The molecule has 0 aromatic heterocycles. The normalized spacial score (nSPS) is 10.3. The van der Waals surface area contributed by atoms with Crippen LogP contribution in [0.2, 0.25) is 0 Å². The van der Waals surface area contributed by atoms with Crippen molar-refractivity contribution in [3.8, 4) is 0 Å². The molecule has 2 aromatic rings. The van der Waals surface area contributed by atoms with Crippen LogP contribution in [0.15, 0.2) is 36.4 Å². The van der Waals surface area contributed by atoms with E-state index in [2.05, 4.69) is 10.6 Å². The molecule has 2 N–H and O–H groups in total. The minimum absolute atomic E-state index is 0.267. The lowest BCUT2D eigenvalue weighted by atomic mass is 10.0. The van der Waals surface area contributed by atoms with Crippen LogP contribution in [-0.4, -0.2) is 12.7 Å². The summed E-state index contributed by atoms with van der Waals surface area (Å²) < 4.78 is 18.1. The summed E-state index contributed by atoms with van der Waals surface area (Å²) in [6.45, 7) is 6.53. The van der Waals surface area contributed by atoms with Gasteiger partial charge >= 0.3 is 6.09 Å². The predicted molar refractivity (Wildman–Crippen MR) is 90.3 cm³/mol. The Morgan fingerprint density at radius 2 is 1.87 bits per heavy atom. The number of hydrogen-bond acceptors (Lipinski definition) is 3. The lowest BCUT2D eigenvalue weighted by Crippen LogP contribution is -2.15. The molecule has 0 unspecified atom stereocenters. The Balaban J connectivity index is 2.08. The number of carbonyl (C=O) groups excluding carboxylic acids is 1. The Labute approximate surface area is 135 Å². The Morgan fingerprint density at radius 1 is 1.17 bits per heavy atom. The molecule has 2 aromatic carbocycles. The van der Waals surface area contributed by atoms with Crippen LogP contribution in [0.3, 0.4) is 0 Å². The van der Waals surface area contributed by atoms with Gasteiger partial charge in [-0.1, -0.05) is 18.2 Å². The Bertz CT molecular complexity index is 678. The Kier molecular flexibility index (Phi) is 5.57. The second-order valence-electron chi connectivity index (χ2n) is 5.31. The average molecular weight is 316 g/mol. The van der Waals surface area contributed by atoms with Gasteiger partial charge in [0, 0.05) is 17.9 Å². The number of hydrogen-bond donors (Lipinski definition) is 2. The van der Waals surface area contributed by atoms with E-state index < -0.39 is 6.09 Å². The van der Waals surface area contributed by atoms with Crippen molar-refractivity contribution in [2.45, 2.75) is 27.3 Å². The zero-order valence-corrected chi connectivity index (χ0v) is 13.6. The van der Waals surface area contributed by atoms with Gasteiger partial charge in [-0.3, -0.25) is 5.32 Å². The van der Waals surface area contributed by atoms with Gasteiger partial charge in [-0.05, 0) is 55.7 Å². The van der Waals surface area contributed by atoms with Gasteiger partial charge in [0.1, 0.15) is 5.82 Å². The topological polar surface area (TPSA) is 50.4 Å². The molecule has 5 heteroatoms. The lowest BCUT2D eigenvalue weighted by Gasteiger charge is -2.14. The number of benzene rings is 2. The summed E-state index contributed by atoms with van der Waals surface area (Å²) >= 11 is 0. The van der Waals surface area contributed by atoms with Crippen molar-refractivity contribution >= 4 is 17.5 Å². The zero-order chi connectivity index (χ0) is 16.8. The van der Waals surface area contributed by atoms with Gasteiger partial charge in [0.05, 0.1) is 6.61 Å². The second-order valence-corrected chi connectivity index (χ2v) is 5.31. The van der Waals surface area contributed by atoms with Crippen molar-refractivity contribution in [3.05, 3.63) is 58.9 Å². The van der Waals surface area contributed by atoms with Gasteiger partial charge in [0.2, 0.25) is 0 Å². The molecule has 0 saturated heterocycles. The van der Waals surface area contributed by atoms with Crippen molar-refractivity contribution < 1.29 is 13.9 Å². The van der Waals surface area contributed by atoms with E-state index in [0.717, 1.165) is 28.1 Å². The highest BCUT2D eigenvalue weighted by atomic mass is 19.1. The highest BCUT2D eigenvalue weighted by molar-refractivity contribution is 5.86. The number of nitrogens with one attached hydrogen (secondary N) is 2. The summed E-state index contributed by atoms with van der Waals surface area (Å²) in [5.74, 6) is -0.267. The summed E-state index contributed by atoms with van der Waals surface area (Å²) in [7, 11) is 0. The molecule has 0 atom stereocenters. The highest BCUT2D eigenvalue weighted by Gasteiger charge is 2.09. The fourth-order valence-corrected chi connectivity index (χ4v) is 2.42. The molecule has 0 fully saturated rings. The third-order valence-corrected chi connectivity index (χ3v) is 3.42. The standard InChI is InChI=1S/C18H21FN2O2/c1-4-23-18(22)21-17-12(2)8-14(9-13(17)3)11-20-16-7-5-6-15(19)10-16/h5-10,20H,4,11H2,1-3H3,(H,21,22). The molecule has 0 heterocycles. The molecule has 0 saturated carbocycles. The van der Waals surface area contributed by atoms with E-state index in [-0.39, 0.29) is 5.82 Å². The first-order chi connectivity index (χ1) is 11.0. The van der Waals surface area contributed by atoms with Crippen LogP contribution >= 0.6 is 0 Å². The first-order valence-electron chi connectivity index (χ1n) is 7.53. The van der Waals surface area contributed by atoms with E-state index in [1.54, 1.807) is 13.0 Å². The SMILES string of the molecule is CCOC(=O)Nc1c(C)cc(CNc2cccc(F)c2)cc1C. The molecule has 0 aliphatic heterocycles. The summed E-state index contributed by atoms with van der Waals surface area (Å²) in [6.07, 6.45) is -0.454. The smallest absolute Gasteiger partial charge is 0.411 e. The van der Waals surface area contributed by atoms with Crippen LogP contribution in [0.5, 0.6) is 0 Å². The maximum Gasteiger partial charge on any atom is 0.411 e. The van der Waals surface area contributed by atoms with Crippen molar-refractivity contribution in [1.29, 1.82) is 0 Å². The largest absolute Gasteiger partial charge is 0.450 e. The molecule has 4 nitrogen and oxygen atoms in total. The fourth-order valence-electron chi connectivity index (χ4n) is 2.42. The van der Waals surface area contributed by atoms with Crippen molar-refractivity contribution in [3.63, 3.8) is 0 Å². The van der Waals surface area contributed by atoms with Gasteiger partial charge < -0.3 is 10.1 Å². The number of anilines is 2. The molecule has 0 aliphatic rings. The maximum absolute atomic E-state index is 13.2. The zero-order valence-electron chi connectivity index (χ0n) is 13.6. The quantitative estimate of drug-likeness (QED) is 0.846. The van der Waals surface area contributed by atoms with Gasteiger partial charge in [-0.15, -0.1) is 0 Å². The summed E-state index contributed by atoms with van der Waals surface area (Å²) in [5, 5.41) is 5.94. The van der Waals surface area contributed by atoms with Gasteiger partial charge in [0.25, 0.3) is 0 Å². The molecule has 1 amide bonds. The van der Waals surface area contributed by atoms with Crippen LogP contribution in [0.25, 0.3) is 0 Å². The first kappa shape index (κ1) is 16.8. The molecule has 0 radical (unpaired) electrons. The molecule has 122 valence electrons. The fraction of sp³-hybridized carbons (Fsp3) is 0.278. The van der Waals surface area contributed by atoms with Crippen LogP contribution in [0.1, 0.15) is 23.6 Å². The van der Waals surface area contributed by atoms with Crippen LogP contribution in [0.4, 0.5) is 20.6 Å². The van der Waals surface area contributed by atoms with E-state index in [9.17, 15) is 9.18 Å². The number of carbonyl (C=O) groups is 1. The number of halogens is 1. The van der Waals surface area contributed by atoms with Crippen molar-refractivity contribution in [1.82, 2.24) is 0 Å². The Morgan fingerprint density at radius 3 is 2.48 bits per heavy atom. The third kappa shape index (κ3) is 4.71. The van der Waals surface area contributed by atoms with E-state index in [0.29, 0.717) is 13.2 Å². The third-order valence-electron chi connectivity index (χ3n) is 3.42. The molecular weight excluding hydrogens is 295 g/mol. The van der Waals surface area contributed by atoms with E-state index in [1.807, 2.05) is 32.0 Å². The number of amides is 1. The van der Waals surface area contributed by atoms with E-state index >= 15 is 0 Å². The maximum atomic E-state index is 13.2. The lowest BCUT2D eigenvalue weighted by molar-refractivity contribution is 0.168. The predicted octanol–water partition coefficient (Wildman–Crippen LogP) is 4.62. The molecule has 0 spiro atoms. The minimum atomic E-state index is -0.454. The van der Waals surface area contributed by atoms with Crippen LogP contribution in [0, 0.1) is 19.7 Å². The summed E-state index contributed by atoms with van der Waals surface area (Å²) in [6, 6.07) is 10.3. The van der Waals surface area contributed by atoms with Crippen LogP contribution in [-0.2, 0) is 11.3 Å². The van der Waals surface area contributed by atoms with Crippen molar-refractivity contribution in [2.24, 2.45) is 0 Å². The second kappa shape index (κ2) is 7.63.